The number of nitrogens with one attached hydrogen (secondary N) is 2. The Hall–Kier alpha value is -3.40. The predicted octanol–water partition coefficient (Wildman–Crippen LogP) is 1.64. The molecule has 0 unspecified atom stereocenters. The number of aliphatic carboxylic acids is 1. The van der Waals surface area contributed by atoms with E-state index in [4.69, 9.17) is 5.73 Å². The first-order valence-electron chi connectivity index (χ1n) is 13.1. The molecule has 0 aliphatic carbocycles. The van der Waals surface area contributed by atoms with Crippen molar-refractivity contribution in [1.82, 2.24) is 20.1 Å². The SMILES string of the molecule is CC(C)C[C@H](NC(=O)[C@@H]1CCCN1C(=O)[C@@H](N)Cc1c[nH]c2ccccc12)C(=O)N1CCC[C@H]1C(=O)O. The first kappa shape index (κ1) is 26.7. The molecule has 2 aliphatic heterocycles. The van der Waals surface area contributed by atoms with Crippen molar-refractivity contribution in [3.8, 4) is 0 Å². The Morgan fingerprint density at radius 1 is 1.05 bits per heavy atom. The molecule has 1 aromatic carbocycles. The van der Waals surface area contributed by atoms with Crippen LogP contribution in [0.1, 0.15) is 51.5 Å². The maximum Gasteiger partial charge on any atom is 0.326 e. The van der Waals surface area contributed by atoms with Gasteiger partial charge in [0.25, 0.3) is 0 Å². The number of carbonyl (C=O) groups is 4. The summed E-state index contributed by atoms with van der Waals surface area (Å²) in [6, 6.07) is 4.58. The van der Waals surface area contributed by atoms with E-state index in [1.54, 1.807) is 0 Å². The molecule has 10 heteroatoms. The molecule has 0 bridgehead atoms. The lowest BCUT2D eigenvalue weighted by atomic mass is 10.0. The Kier molecular flexibility index (Phi) is 8.16. The van der Waals surface area contributed by atoms with Crippen molar-refractivity contribution in [2.75, 3.05) is 13.1 Å². The van der Waals surface area contributed by atoms with Gasteiger partial charge in [-0.3, -0.25) is 14.4 Å². The average Bonchev–Trinajstić information content (AvgIpc) is 3.62. The molecular weight excluding hydrogens is 474 g/mol. The van der Waals surface area contributed by atoms with E-state index < -0.39 is 36.0 Å². The van der Waals surface area contributed by atoms with E-state index in [1.165, 1.54) is 9.80 Å². The highest BCUT2D eigenvalue weighted by atomic mass is 16.4. The van der Waals surface area contributed by atoms with Crippen LogP contribution in [-0.4, -0.2) is 80.8 Å². The smallest absolute Gasteiger partial charge is 0.326 e. The minimum absolute atomic E-state index is 0.103. The van der Waals surface area contributed by atoms with E-state index in [0.717, 1.165) is 16.5 Å². The number of rotatable bonds is 9. The topological polar surface area (TPSA) is 149 Å². The minimum Gasteiger partial charge on any atom is -0.480 e. The van der Waals surface area contributed by atoms with Crippen molar-refractivity contribution in [3.05, 3.63) is 36.0 Å². The summed E-state index contributed by atoms with van der Waals surface area (Å²) < 4.78 is 0. The van der Waals surface area contributed by atoms with Crippen molar-refractivity contribution >= 4 is 34.6 Å². The largest absolute Gasteiger partial charge is 0.480 e. The maximum atomic E-state index is 13.4. The molecule has 0 saturated carbocycles. The number of nitrogens with two attached hydrogens (primary N) is 1. The van der Waals surface area contributed by atoms with Crippen LogP contribution in [0.15, 0.2) is 30.5 Å². The van der Waals surface area contributed by atoms with Crippen molar-refractivity contribution in [2.24, 2.45) is 11.7 Å². The molecule has 2 aromatic rings. The molecule has 0 radical (unpaired) electrons. The number of amides is 3. The second-order valence-corrected chi connectivity index (χ2v) is 10.6. The Labute approximate surface area is 216 Å². The lowest BCUT2D eigenvalue weighted by Crippen LogP contribution is -2.57. The molecule has 0 spiro atoms. The van der Waals surface area contributed by atoms with Gasteiger partial charge in [-0.15, -0.1) is 0 Å². The highest BCUT2D eigenvalue weighted by molar-refractivity contribution is 5.95. The van der Waals surface area contributed by atoms with Crippen molar-refractivity contribution < 1.29 is 24.3 Å². The molecule has 2 aliphatic rings. The summed E-state index contributed by atoms with van der Waals surface area (Å²) in [5.74, 6) is -1.99. The quantitative estimate of drug-likeness (QED) is 0.402. The zero-order chi connectivity index (χ0) is 26.7. The van der Waals surface area contributed by atoms with E-state index in [0.29, 0.717) is 51.6 Å². The zero-order valence-corrected chi connectivity index (χ0v) is 21.5. The normalized spacial score (nSPS) is 21.4. The Bertz CT molecular complexity index is 1160. The highest BCUT2D eigenvalue weighted by Crippen LogP contribution is 2.24. The Morgan fingerprint density at radius 3 is 2.38 bits per heavy atom. The number of benzene rings is 1. The zero-order valence-electron chi connectivity index (χ0n) is 21.5. The molecule has 3 heterocycles. The summed E-state index contributed by atoms with van der Waals surface area (Å²) >= 11 is 0. The number of carbonyl (C=O) groups excluding carboxylic acids is 3. The second-order valence-electron chi connectivity index (χ2n) is 10.6. The molecule has 3 amide bonds. The fourth-order valence-corrected chi connectivity index (χ4v) is 5.59. The number of hydrogen-bond acceptors (Lipinski definition) is 5. The van der Waals surface area contributed by atoms with E-state index in [9.17, 15) is 24.3 Å². The first-order chi connectivity index (χ1) is 17.7. The van der Waals surface area contributed by atoms with E-state index in [-0.39, 0.29) is 17.7 Å². The van der Waals surface area contributed by atoms with Crippen LogP contribution in [0.3, 0.4) is 0 Å². The number of H-pyrrole nitrogens is 1. The highest BCUT2D eigenvalue weighted by Gasteiger charge is 2.41. The monoisotopic (exact) mass is 511 g/mol. The lowest BCUT2D eigenvalue weighted by Gasteiger charge is -2.31. The van der Waals surface area contributed by atoms with Gasteiger partial charge >= 0.3 is 5.97 Å². The van der Waals surface area contributed by atoms with E-state index >= 15 is 0 Å². The third-order valence-electron chi connectivity index (χ3n) is 7.41. The van der Waals surface area contributed by atoms with Gasteiger partial charge in [-0.2, -0.15) is 0 Å². The number of aromatic nitrogens is 1. The van der Waals surface area contributed by atoms with E-state index in [2.05, 4.69) is 10.3 Å². The molecule has 4 rings (SSSR count). The number of aromatic amines is 1. The third kappa shape index (κ3) is 5.79. The average molecular weight is 512 g/mol. The van der Waals surface area contributed by atoms with Gasteiger partial charge in [-0.25, -0.2) is 4.79 Å². The molecular formula is C27H37N5O5. The molecule has 200 valence electrons. The van der Waals surface area contributed by atoms with Crippen molar-refractivity contribution in [3.63, 3.8) is 0 Å². The van der Waals surface area contributed by atoms with Crippen LogP contribution in [0.2, 0.25) is 0 Å². The van der Waals surface area contributed by atoms with Crippen LogP contribution in [-0.2, 0) is 25.6 Å². The number of carboxylic acid groups (broad SMARTS) is 1. The molecule has 1 aromatic heterocycles. The number of para-hydroxylation sites is 1. The van der Waals surface area contributed by atoms with Crippen molar-refractivity contribution in [2.45, 2.75) is 76.5 Å². The summed E-state index contributed by atoms with van der Waals surface area (Å²) in [7, 11) is 0. The van der Waals surface area contributed by atoms with Gasteiger partial charge in [0.15, 0.2) is 0 Å². The van der Waals surface area contributed by atoms with Gasteiger partial charge in [-0.05, 0) is 56.1 Å². The number of fused-ring (bicyclic) bond motifs is 1. The first-order valence-corrected chi connectivity index (χ1v) is 13.1. The van der Waals surface area contributed by atoms with Gasteiger partial charge in [0, 0.05) is 30.2 Å². The van der Waals surface area contributed by atoms with Crippen LogP contribution in [0.25, 0.3) is 10.9 Å². The number of carboxylic acids is 1. The van der Waals surface area contributed by atoms with Gasteiger partial charge in [0.05, 0.1) is 6.04 Å². The summed E-state index contributed by atoms with van der Waals surface area (Å²) in [5, 5.41) is 13.4. The van der Waals surface area contributed by atoms with Gasteiger partial charge in [-0.1, -0.05) is 32.0 Å². The molecule has 10 nitrogen and oxygen atoms in total. The van der Waals surface area contributed by atoms with Crippen LogP contribution < -0.4 is 11.1 Å². The third-order valence-corrected chi connectivity index (χ3v) is 7.41. The van der Waals surface area contributed by atoms with Crippen LogP contribution in [0.4, 0.5) is 0 Å². The number of nitrogens with zero attached hydrogens (tertiary/aromatic N) is 2. The van der Waals surface area contributed by atoms with Gasteiger partial charge in [0.1, 0.15) is 18.1 Å². The summed E-state index contributed by atoms with van der Waals surface area (Å²) in [5.41, 5.74) is 8.24. The summed E-state index contributed by atoms with van der Waals surface area (Å²) in [6.07, 6.45) is 4.76. The molecule has 2 saturated heterocycles. The van der Waals surface area contributed by atoms with Gasteiger partial charge in [0.2, 0.25) is 17.7 Å². The molecule has 37 heavy (non-hydrogen) atoms. The predicted molar refractivity (Wildman–Crippen MR) is 138 cm³/mol. The second kappa shape index (κ2) is 11.3. The van der Waals surface area contributed by atoms with Crippen LogP contribution >= 0.6 is 0 Å². The van der Waals surface area contributed by atoms with Crippen molar-refractivity contribution in [1.29, 1.82) is 0 Å². The number of hydrogen-bond donors (Lipinski definition) is 4. The Morgan fingerprint density at radius 2 is 1.70 bits per heavy atom. The van der Waals surface area contributed by atoms with Crippen LogP contribution in [0, 0.1) is 5.92 Å². The van der Waals surface area contributed by atoms with E-state index in [1.807, 2.05) is 44.3 Å². The molecule has 2 fully saturated rings. The van der Waals surface area contributed by atoms with Gasteiger partial charge < -0.3 is 30.9 Å². The number of likely N-dealkylation sites (tertiary alicyclic amines) is 2. The summed E-state index contributed by atoms with van der Waals surface area (Å²) in [6.45, 7) is 4.67. The minimum atomic E-state index is -1.03. The Balaban J connectivity index is 1.44. The fraction of sp³-hybridized carbons (Fsp3) is 0.556. The maximum absolute atomic E-state index is 13.4. The fourth-order valence-electron chi connectivity index (χ4n) is 5.59. The molecule has 5 N–H and O–H groups in total. The lowest BCUT2D eigenvalue weighted by molar-refractivity contribution is -0.150. The molecule has 4 atom stereocenters. The standard InChI is InChI=1S/C27H37N5O5/c1-16(2)13-21(26(35)32-12-6-10-23(32)27(36)37)30-24(33)22-9-5-11-31(22)25(34)19(28)14-17-15-29-20-8-4-3-7-18(17)20/h3-4,7-8,15-16,19,21-23,29H,5-6,9-14,28H2,1-2H3,(H,30,33)(H,36,37)/t19-,21-,22-,23-/m0/s1. The summed E-state index contributed by atoms with van der Waals surface area (Å²) in [4.78, 5) is 57.7. The van der Waals surface area contributed by atoms with Crippen LogP contribution in [0.5, 0.6) is 0 Å².